The summed E-state index contributed by atoms with van der Waals surface area (Å²) >= 11 is 0. The standard InChI is InChI=1S/C26H42FN/c1-2-3-5-8-22-11-15-24(16-12-22)19-20-25-17-13-23(14-18-25)9-6-4-7-10-26(27)21-28/h4,7,10,22-25H,2-3,5-6,8-9,11-20H2,1H3/t22-,23-,24-,25-. The molecule has 0 aromatic heterocycles. The molecule has 0 spiro atoms. The van der Waals surface area contributed by atoms with Gasteiger partial charge in [0, 0.05) is 0 Å². The first-order valence-corrected chi connectivity index (χ1v) is 12.1. The predicted molar refractivity (Wildman–Crippen MR) is 117 cm³/mol. The highest BCUT2D eigenvalue weighted by Gasteiger charge is 2.24. The normalized spacial score (nSPS) is 29.1. The third-order valence-electron chi connectivity index (χ3n) is 7.36. The number of hydrogen-bond donors (Lipinski definition) is 0. The minimum absolute atomic E-state index is 0.707. The van der Waals surface area contributed by atoms with Crippen molar-refractivity contribution in [3.63, 3.8) is 0 Å². The minimum atomic E-state index is -0.707. The van der Waals surface area contributed by atoms with Crippen LogP contribution in [0.2, 0.25) is 0 Å². The van der Waals surface area contributed by atoms with E-state index >= 15 is 0 Å². The molecule has 0 saturated heterocycles. The van der Waals surface area contributed by atoms with Gasteiger partial charge in [-0.15, -0.1) is 0 Å². The molecule has 0 bridgehead atoms. The SMILES string of the molecule is CCCCC[C@H]1CC[C@H](CC[C@H]2CC[C@H](CCC=CC=C(F)C#N)CC2)CC1. The topological polar surface area (TPSA) is 23.8 Å². The van der Waals surface area contributed by atoms with Crippen LogP contribution in [0.5, 0.6) is 0 Å². The van der Waals surface area contributed by atoms with Gasteiger partial charge in [0.15, 0.2) is 5.83 Å². The Hall–Kier alpha value is -1.10. The Kier molecular flexibility index (Phi) is 11.6. The number of nitriles is 1. The molecule has 28 heavy (non-hydrogen) atoms. The molecule has 0 aliphatic heterocycles. The van der Waals surface area contributed by atoms with Crippen molar-refractivity contribution in [1.82, 2.24) is 0 Å². The number of rotatable bonds is 11. The van der Waals surface area contributed by atoms with Crippen LogP contribution in [0.3, 0.4) is 0 Å². The van der Waals surface area contributed by atoms with E-state index in [9.17, 15) is 4.39 Å². The second-order valence-corrected chi connectivity index (χ2v) is 9.48. The van der Waals surface area contributed by atoms with Gasteiger partial charge in [-0.2, -0.15) is 9.65 Å². The Labute approximate surface area is 173 Å². The largest absolute Gasteiger partial charge is 0.199 e. The van der Waals surface area contributed by atoms with Gasteiger partial charge in [0.05, 0.1) is 0 Å². The summed E-state index contributed by atoms with van der Waals surface area (Å²) in [7, 11) is 0. The smallest absolute Gasteiger partial charge is 0.195 e. The highest BCUT2D eigenvalue weighted by atomic mass is 19.1. The summed E-state index contributed by atoms with van der Waals surface area (Å²) in [4.78, 5) is 0. The Morgan fingerprint density at radius 1 is 0.821 bits per heavy atom. The number of hydrogen-bond acceptors (Lipinski definition) is 1. The maximum absolute atomic E-state index is 12.7. The Balaban J connectivity index is 1.51. The zero-order valence-corrected chi connectivity index (χ0v) is 18.2. The summed E-state index contributed by atoms with van der Waals surface area (Å²) in [5.74, 6) is 3.18. The van der Waals surface area contributed by atoms with E-state index in [1.54, 1.807) is 6.08 Å². The molecular formula is C26H42FN. The third-order valence-corrected chi connectivity index (χ3v) is 7.36. The molecule has 0 radical (unpaired) electrons. The first-order valence-electron chi connectivity index (χ1n) is 12.1. The molecule has 2 fully saturated rings. The molecule has 1 nitrogen and oxygen atoms in total. The molecule has 0 N–H and O–H groups in total. The van der Waals surface area contributed by atoms with Gasteiger partial charge in [0.1, 0.15) is 6.07 Å². The summed E-state index contributed by atoms with van der Waals surface area (Å²) in [5, 5.41) is 8.37. The summed E-state index contributed by atoms with van der Waals surface area (Å²) in [6.07, 6.45) is 27.4. The molecule has 0 amide bonds. The van der Waals surface area contributed by atoms with Gasteiger partial charge in [0.25, 0.3) is 0 Å². The maximum Gasteiger partial charge on any atom is 0.199 e. The lowest BCUT2D eigenvalue weighted by atomic mass is 9.74. The van der Waals surface area contributed by atoms with Gasteiger partial charge in [-0.25, -0.2) is 0 Å². The van der Waals surface area contributed by atoms with Crippen molar-refractivity contribution >= 4 is 0 Å². The van der Waals surface area contributed by atoms with E-state index < -0.39 is 5.83 Å². The molecule has 158 valence electrons. The van der Waals surface area contributed by atoms with Gasteiger partial charge < -0.3 is 0 Å². The van der Waals surface area contributed by atoms with Crippen LogP contribution in [0.15, 0.2) is 24.1 Å². The monoisotopic (exact) mass is 387 g/mol. The van der Waals surface area contributed by atoms with Crippen LogP contribution in [0.4, 0.5) is 4.39 Å². The van der Waals surface area contributed by atoms with Crippen molar-refractivity contribution in [3.8, 4) is 6.07 Å². The Morgan fingerprint density at radius 3 is 1.82 bits per heavy atom. The van der Waals surface area contributed by atoms with Gasteiger partial charge in [0.2, 0.25) is 0 Å². The minimum Gasteiger partial charge on any atom is -0.195 e. The molecule has 2 rings (SSSR count). The van der Waals surface area contributed by atoms with Crippen molar-refractivity contribution in [3.05, 3.63) is 24.1 Å². The second-order valence-electron chi connectivity index (χ2n) is 9.48. The highest BCUT2D eigenvalue weighted by molar-refractivity contribution is 5.18. The molecule has 0 unspecified atom stereocenters. The van der Waals surface area contributed by atoms with Crippen molar-refractivity contribution in [2.75, 3.05) is 0 Å². The van der Waals surface area contributed by atoms with E-state index in [0.717, 1.165) is 30.1 Å². The molecule has 0 atom stereocenters. The number of unbranched alkanes of at least 4 members (excludes halogenated alkanes) is 2. The summed E-state index contributed by atoms with van der Waals surface area (Å²) in [6, 6.07) is 1.50. The first kappa shape index (κ1) is 23.2. The van der Waals surface area contributed by atoms with E-state index in [1.807, 2.05) is 6.08 Å². The highest BCUT2D eigenvalue weighted by Crippen LogP contribution is 2.38. The zero-order chi connectivity index (χ0) is 20.0. The third kappa shape index (κ3) is 9.40. The van der Waals surface area contributed by atoms with Crippen LogP contribution in [-0.4, -0.2) is 0 Å². The fourth-order valence-corrected chi connectivity index (χ4v) is 5.39. The molecule has 2 heteroatoms. The van der Waals surface area contributed by atoms with Gasteiger partial charge in [-0.1, -0.05) is 109 Å². The van der Waals surface area contributed by atoms with E-state index in [4.69, 9.17) is 5.26 Å². The lowest BCUT2D eigenvalue weighted by Gasteiger charge is -2.32. The van der Waals surface area contributed by atoms with Crippen LogP contribution in [0.1, 0.15) is 110 Å². The average Bonchev–Trinajstić information content (AvgIpc) is 2.74. The van der Waals surface area contributed by atoms with Crippen molar-refractivity contribution in [2.45, 2.75) is 110 Å². The summed E-state index contributed by atoms with van der Waals surface area (Å²) in [5.41, 5.74) is 0. The number of nitrogens with zero attached hydrogens (tertiary/aromatic N) is 1. The predicted octanol–water partition coefficient (Wildman–Crippen LogP) is 8.67. The average molecular weight is 388 g/mol. The first-order chi connectivity index (χ1) is 13.7. The van der Waals surface area contributed by atoms with Crippen LogP contribution in [0.25, 0.3) is 0 Å². The van der Waals surface area contributed by atoms with E-state index in [2.05, 4.69) is 6.92 Å². The zero-order valence-electron chi connectivity index (χ0n) is 18.2. The van der Waals surface area contributed by atoms with Crippen molar-refractivity contribution in [1.29, 1.82) is 5.26 Å². The second kappa shape index (κ2) is 14.0. The van der Waals surface area contributed by atoms with Crippen LogP contribution >= 0.6 is 0 Å². The van der Waals surface area contributed by atoms with Crippen molar-refractivity contribution in [2.24, 2.45) is 23.7 Å². The molecule has 2 aliphatic rings. The molecule has 0 heterocycles. The molecular weight excluding hydrogens is 345 g/mol. The lowest BCUT2D eigenvalue weighted by Crippen LogP contribution is -2.18. The molecule has 0 aromatic rings. The van der Waals surface area contributed by atoms with E-state index in [-0.39, 0.29) is 0 Å². The van der Waals surface area contributed by atoms with E-state index in [0.29, 0.717) is 0 Å². The quantitative estimate of drug-likeness (QED) is 0.197. The fraction of sp³-hybridized carbons (Fsp3) is 0.808. The Bertz CT molecular complexity index is 499. The molecule has 0 aromatic carbocycles. The fourth-order valence-electron chi connectivity index (χ4n) is 5.39. The van der Waals surface area contributed by atoms with E-state index in [1.165, 1.54) is 108 Å². The molecule has 2 saturated carbocycles. The van der Waals surface area contributed by atoms with Crippen LogP contribution < -0.4 is 0 Å². The Morgan fingerprint density at radius 2 is 1.32 bits per heavy atom. The van der Waals surface area contributed by atoms with Gasteiger partial charge in [-0.05, 0) is 42.6 Å². The number of halogens is 1. The number of allylic oxidation sites excluding steroid dienone is 4. The lowest BCUT2D eigenvalue weighted by molar-refractivity contribution is 0.209. The van der Waals surface area contributed by atoms with Crippen molar-refractivity contribution < 1.29 is 4.39 Å². The maximum atomic E-state index is 12.7. The van der Waals surface area contributed by atoms with Crippen LogP contribution in [0, 0.1) is 35.0 Å². The van der Waals surface area contributed by atoms with Crippen LogP contribution in [-0.2, 0) is 0 Å². The molecule has 2 aliphatic carbocycles. The van der Waals surface area contributed by atoms with Gasteiger partial charge >= 0.3 is 0 Å². The summed E-state index contributed by atoms with van der Waals surface area (Å²) < 4.78 is 12.7. The summed E-state index contributed by atoms with van der Waals surface area (Å²) in [6.45, 7) is 2.31. The van der Waals surface area contributed by atoms with Gasteiger partial charge in [-0.3, -0.25) is 0 Å².